The van der Waals surface area contributed by atoms with Crippen LogP contribution in [0.1, 0.15) is 5.56 Å². The van der Waals surface area contributed by atoms with E-state index in [2.05, 4.69) is 26.5 Å². The van der Waals surface area contributed by atoms with Gasteiger partial charge in [-0.3, -0.25) is 4.90 Å². The van der Waals surface area contributed by atoms with Gasteiger partial charge in [-0.1, -0.05) is 0 Å². The van der Waals surface area contributed by atoms with Crippen LogP contribution < -0.4 is 5.32 Å². The zero-order chi connectivity index (χ0) is 10.8. The summed E-state index contributed by atoms with van der Waals surface area (Å²) in [4.78, 5) is 2.44. The van der Waals surface area contributed by atoms with Crippen molar-refractivity contribution in [2.45, 2.75) is 6.54 Å². The molecule has 0 radical (unpaired) electrons. The number of hydrogen-bond donors (Lipinski definition) is 1. The summed E-state index contributed by atoms with van der Waals surface area (Å²) in [5, 5.41) is 11.8. The van der Waals surface area contributed by atoms with E-state index >= 15 is 0 Å². The molecule has 3 heterocycles. The molecule has 1 fully saturated rings. The molecule has 5 nitrogen and oxygen atoms in total. The van der Waals surface area contributed by atoms with Gasteiger partial charge in [-0.15, -0.1) is 0 Å². The van der Waals surface area contributed by atoms with Crippen LogP contribution >= 0.6 is 0 Å². The number of nitrogens with zero attached hydrogens (tertiary/aromatic N) is 4. The number of piperazine rings is 1. The highest BCUT2D eigenvalue weighted by atomic mass is 15.4. The lowest BCUT2D eigenvalue weighted by Gasteiger charge is -2.26. The summed E-state index contributed by atoms with van der Waals surface area (Å²) in [5.41, 5.74) is 2.37. The van der Waals surface area contributed by atoms with Crippen LogP contribution in [0.15, 0.2) is 24.5 Å². The van der Waals surface area contributed by atoms with E-state index in [-0.39, 0.29) is 0 Å². The largest absolute Gasteiger partial charge is 0.314 e. The van der Waals surface area contributed by atoms with E-state index in [0.717, 1.165) is 38.2 Å². The highest BCUT2D eigenvalue weighted by Gasteiger charge is 2.12. The maximum atomic E-state index is 4.25. The Morgan fingerprint density at radius 2 is 2.12 bits per heavy atom. The molecular weight excluding hydrogens is 202 g/mol. The van der Waals surface area contributed by atoms with E-state index < -0.39 is 0 Å². The summed E-state index contributed by atoms with van der Waals surface area (Å²) in [6.07, 6.45) is 3.68. The van der Waals surface area contributed by atoms with Crippen molar-refractivity contribution in [2.75, 3.05) is 26.2 Å². The maximum Gasteiger partial charge on any atom is 0.0918 e. The van der Waals surface area contributed by atoms with Crippen LogP contribution in [0.5, 0.6) is 0 Å². The number of nitrogens with one attached hydrogen (secondary N) is 1. The van der Waals surface area contributed by atoms with Crippen molar-refractivity contribution in [3.63, 3.8) is 0 Å². The van der Waals surface area contributed by atoms with Crippen LogP contribution in [0.3, 0.4) is 0 Å². The first-order chi connectivity index (χ1) is 7.93. The minimum absolute atomic E-state index is 0.969. The van der Waals surface area contributed by atoms with Gasteiger partial charge >= 0.3 is 0 Å². The fourth-order valence-electron chi connectivity index (χ4n) is 2.11. The summed E-state index contributed by atoms with van der Waals surface area (Å²) < 4.78 is 1.69. The van der Waals surface area contributed by atoms with Gasteiger partial charge in [0.1, 0.15) is 0 Å². The molecule has 1 N–H and O–H groups in total. The second-order valence-corrected chi connectivity index (χ2v) is 4.09. The van der Waals surface area contributed by atoms with Crippen LogP contribution in [0, 0.1) is 0 Å². The van der Waals surface area contributed by atoms with E-state index in [1.54, 1.807) is 10.8 Å². The van der Waals surface area contributed by atoms with Crippen molar-refractivity contribution < 1.29 is 0 Å². The Morgan fingerprint density at radius 1 is 1.25 bits per heavy atom. The molecule has 5 heteroatoms. The molecule has 16 heavy (non-hydrogen) atoms. The molecule has 0 unspecified atom stereocenters. The second-order valence-electron chi connectivity index (χ2n) is 4.09. The first-order valence-corrected chi connectivity index (χ1v) is 5.64. The molecule has 0 aliphatic carbocycles. The molecule has 0 spiro atoms. The van der Waals surface area contributed by atoms with Crippen molar-refractivity contribution in [2.24, 2.45) is 0 Å². The smallest absolute Gasteiger partial charge is 0.0918 e. The first kappa shape index (κ1) is 9.74. The van der Waals surface area contributed by atoms with Gasteiger partial charge in [0.2, 0.25) is 0 Å². The summed E-state index contributed by atoms with van der Waals surface area (Å²) in [5.74, 6) is 0. The maximum absolute atomic E-state index is 4.25. The van der Waals surface area contributed by atoms with Crippen LogP contribution in [-0.2, 0) is 6.54 Å². The van der Waals surface area contributed by atoms with Crippen molar-refractivity contribution in [3.05, 3.63) is 30.1 Å². The molecule has 0 atom stereocenters. The Labute approximate surface area is 94.1 Å². The Hall–Kier alpha value is -1.46. The zero-order valence-corrected chi connectivity index (χ0v) is 9.13. The molecule has 3 rings (SSSR count). The van der Waals surface area contributed by atoms with Gasteiger partial charge in [0, 0.05) is 44.5 Å². The van der Waals surface area contributed by atoms with Gasteiger partial charge in [0.25, 0.3) is 0 Å². The Balaban J connectivity index is 1.83. The molecule has 2 aromatic rings. The van der Waals surface area contributed by atoms with Gasteiger partial charge in [-0.25, -0.2) is 0 Å². The molecule has 0 aromatic carbocycles. The first-order valence-electron chi connectivity index (χ1n) is 5.64. The molecule has 2 aromatic heterocycles. The predicted molar refractivity (Wildman–Crippen MR) is 61.1 cm³/mol. The molecule has 0 amide bonds. The number of rotatable bonds is 2. The molecule has 1 aliphatic heterocycles. The Kier molecular flexibility index (Phi) is 2.55. The fourth-order valence-corrected chi connectivity index (χ4v) is 2.11. The Morgan fingerprint density at radius 3 is 3.00 bits per heavy atom. The average Bonchev–Trinajstić information content (AvgIpc) is 2.74. The summed E-state index contributed by atoms with van der Waals surface area (Å²) in [7, 11) is 0. The van der Waals surface area contributed by atoms with Gasteiger partial charge in [0.05, 0.1) is 11.7 Å². The number of aromatic nitrogens is 3. The third-order valence-electron chi connectivity index (χ3n) is 2.99. The van der Waals surface area contributed by atoms with E-state index in [1.807, 2.05) is 12.3 Å². The van der Waals surface area contributed by atoms with E-state index in [1.165, 1.54) is 5.56 Å². The molecule has 1 aliphatic rings. The predicted octanol–water partition coefficient (Wildman–Crippen LogP) is 0.134. The lowest BCUT2D eigenvalue weighted by molar-refractivity contribution is 0.234. The quantitative estimate of drug-likeness (QED) is 0.777. The van der Waals surface area contributed by atoms with Gasteiger partial charge in [-0.2, -0.15) is 14.8 Å². The van der Waals surface area contributed by atoms with Crippen molar-refractivity contribution in [1.82, 2.24) is 25.0 Å². The minimum Gasteiger partial charge on any atom is -0.314 e. The van der Waals surface area contributed by atoms with Gasteiger partial charge in [-0.05, 0) is 12.1 Å². The monoisotopic (exact) mass is 217 g/mol. The highest BCUT2D eigenvalue weighted by molar-refractivity contribution is 5.52. The molecule has 84 valence electrons. The van der Waals surface area contributed by atoms with Crippen LogP contribution in [0.2, 0.25) is 0 Å². The summed E-state index contributed by atoms with van der Waals surface area (Å²) in [6.45, 7) is 5.35. The third kappa shape index (κ3) is 1.79. The average molecular weight is 217 g/mol. The lowest BCUT2D eigenvalue weighted by atomic mass is 10.2. The fraction of sp³-hybridized carbons (Fsp3) is 0.455. The highest BCUT2D eigenvalue weighted by Crippen LogP contribution is 2.11. The van der Waals surface area contributed by atoms with Crippen molar-refractivity contribution in [3.8, 4) is 0 Å². The lowest BCUT2D eigenvalue weighted by Crippen LogP contribution is -2.42. The molecular formula is C11H15N5. The minimum atomic E-state index is 0.969. The zero-order valence-electron chi connectivity index (χ0n) is 9.13. The summed E-state index contributed by atoms with van der Waals surface area (Å²) in [6, 6.07) is 4.02. The number of fused-ring (bicyclic) bond motifs is 1. The van der Waals surface area contributed by atoms with E-state index in [9.17, 15) is 0 Å². The van der Waals surface area contributed by atoms with Crippen LogP contribution in [0.25, 0.3) is 5.52 Å². The van der Waals surface area contributed by atoms with E-state index in [0.29, 0.717) is 0 Å². The van der Waals surface area contributed by atoms with Crippen LogP contribution in [0.4, 0.5) is 0 Å². The second kappa shape index (κ2) is 4.19. The third-order valence-corrected chi connectivity index (χ3v) is 2.99. The number of hydrogen-bond acceptors (Lipinski definition) is 4. The Bertz CT molecular complexity index is 472. The molecule has 0 saturated carbocycles. The normalized spacial score (nSPS) is 18.0. The standard InChI is InChI=1S/C11H15N5/c1-2-11-10(8-14-16(11)13-3-1)9-15-6-4-12-5-7-15/h1-3,8,12H,4-7,9H2. The molecule has 1 saturated heterocycles. The van der Waals surface area contributed by atoms with Crippen LogP contribution in [-0.4, -0.2) is 45.9 Å². The molecule has 0 bridgehead atoms. The SMILES string of the molecule is c1cnn2ncc(CN3CCNCC3)c2c1. The van der Waals surface area contributed by atoms with E-state index in [4.69, 9.17) is 0 Å². The van der Waals surface area contributed by atoms with Gasteiger partial charge in [0.15, 0.2) is 0 Å². The summed E-state index contributed by atoms with van der Waals surface area (Å²) >= 11 is 0. The van der Waals surface area contributed by atoms with Gasteiger partial charge < -0.3 is 5.32 Å². The van der Waals surface area contributed by atoms with Crippen molar-refractivity contribution in [1.29, 1.82) is 0 Å². The van der Waals surface area contributed by atoms with Crippen molar-refractivity contribution >= 4 is 5.52 Å². The topological polar surface area (TPSA) is 45.5 Å².